The first-order chi connectivity index (χ1) is 16.6. The molecule has 3 aromatic rings. The van der Waals surface area contributed by atoms with Crippen molar-refractivity contribution in [2.75, 3.05) is 18.4 Å². The Labute approximate surface area is 205 Å². The lowest BCUT2D eigenvalue weighted by Gasteiger charge is -2.42. The van der Waals surface area contributed by atoms with E-state index in [0.29, 0.717) is 48.3 Å². The van der Waals surface area contributed by atoms with E-state index in [1.165, 1.54) is 24.3 Å². The van der Waals surface area contributed by atoms with Gasteiger partial charge in [-0.05, 0) is 45.2 Å². The zero-order chi connectivity index (χ0) is 24.9. The molecule has 0 radical (unpaired) electrons. The third-order valence-electron chi connectivity index (χ3n) is 6.67. The Morgan fingerprint density at radius 3 is 2.69 bits per heavy atom. The second-order valence-corrected chi connectivity index (χ2v) is 11.1. The molecule has 8 nitrogen and oxygen atoms in total. The molecule has 1 N–H and O–H groups in total. The third kappa shape index (κ3) is 4.86. The Kier molecular flexibility index (Phi) is 5.98. The maximum Gasteiger partial charge on any atom is 0.274 e. The predicted octanol–water partition coefficient (Wildman–Crippen LogP) is 4.27. The predicted molar refractivity (Wildman–Crippen MR) is 127 cm³/mol. The molecule has 1 amide bonds. The molecule has 11 heteroatoms. The lowest BCUT2D eigenvalue weighted by Crippen LogP contribution is -2.52. The van der Waals surface area contributed by atoms with E-state index in [-0.39, 0.29) is 41.2 Å². The zero-order valence-corrected chi connectivity index (χ0v) is 20.5. The van der Waals surface area contributed by atoms with E-state index in [1.54, 1.807) is 11.1 Å². The molecule has 1 atom stereocenters. The number of thiazole rings is 1. The van der Waals surface area contributed by atoms with Crippen molar-refractivity contribution in [3.05, 3.63) is 40.5 Å². The smallest absolute Gasteiger partial charge is 0.274 e. The topological polar surface area (TPSA) is 101 Å². The van der Waals surface area contributed by atoms with Crippen molar-refractivity contribution >= 4 is 39.3 Å². The van der Waals surface area contributed by atoms with Gasteiger partial charge in [-0.25, -0.2) is 18.7 Å². The fraction of sp³-hybridized carbons (Fsp3) is 0.500. The summed E-state index contributed by atoms with van der Waals surface area (Å²) < 4.78 is 27.9. The SMILES string of the molecule is Cc1nc2nc(NC(C)c3cncc(F)c3)nc(C(=O)N3CC(CC(=O)C4CC(C)(F)C4)C3)c2s1. The summed E-state index contributed by atoms with van der Waals surface area (Å²) in [4.78, 5) is 44.6. The second kappa shape index (κ2) is 8.85. The number of anilines is 1. The molecule has 2 fully saturated rings. The number of hydrogen-bond acceptors (Lipinski definition) is 8. The second-order valence-electron chi connectivity index (χ2n) is 9.85. The fourth-order valence-electron chi connectivity index (χ4n) is 4.74. The largest absolute Gasteiger partial charge is 0.348 e. The number of carbonyl (C=O) groups excluding carboxylic acids is 2. The Morgan fingerprint density at radius 1 is 1.26 bits per heavy atom. The monoisotopic (exact) mass is 500 g/mol. The minimum Gasteiger partial charge on any atom is -0.348 e. The molecule has 1 saturated heterocycles. The van der Waals surface area contributed by atoms with Crippen LogP contribution >= 0.6 is 11.3 Å². The normalized spacial score (nSPS) is 23.0. The zero-order valence-electron chi connectivity index (χ0n) is 19.7. The quantitative estimate of drug-likeness (QED) is 0.517. The molecule has 35 heavy (non-hydrogen) atoms. The van der Waals surface area contributed by atoms with E-state index in [0.717, 1.165) is 11.2 Å². The van der Waals surface area contributed by atoms with E-state index in [9.17, 15) is 18.4 Å². The number of ketones is 1. The molecule has 4 heterocycles. The van der Waals surface area contributed by atoms with E-state index >= 15 is 0 Å². The molecule has 1 aliphatic carbocycles. The summed E-state index contributed by atoms with van der Waals surface area (Å²) in [5.41, 5.74) is 0.0709. The Balaban J connectivity index is 1.29. The van der Waals surface area contributed by atoms with Crippen LogP contribution in [0.5, 0.6) is 0 Å². The standard InChI is InChI=1S/C24H26F2N6O2S/c1-12(15-5-17(25)9-27-8-15)28-23-30-19(20-21(31-23)29-13(2)35-20)22(34)32-10-14(11-32)4-18(33)16-6-24(3,26)7-16/h5,8-9,12,14,16H,4,6-7,10-11H2,1-3H3,(H,28,30,31). The summed E-state index contributed by atoms with van der Waals surface area (Å²) in [5, 5.41) is 3.87. The molecule has 184 valence electrons. The first kappa shape index (κ1) is 23.7. The van der Waals surface area contributed by atoms with Crippen molar-refractivity contribution in [2.24, 2.45) is 11.8 Å². The van der Waals surface area contributed by atoms with Crippen LogP contribution in [0.1, 0.15) is 60.2 Å². The number of rotatable bonds is 7. The van der Waals surface area contributed by atoms with Gasteiger partial charge in [-0.3, -0.25) is 14.6 Å². The fourth-order valence-corrected chi connectivity index (χ4v) is 5.58. The number of aromatic nitrogens is 4. The van der Waals surface area contributed by atoms with E-state index in [2.05, 4.69) is 25.3 Å². The first-order valence-corrected chi connectivity index (χ1v) is 12.4. The van der Waals surface area contributed by atoms with Crippen LogP contribution in [-0.4, -0.2) is 55.3 Å². The number of carbonyl (C=O) groups is 2. The van der Waals surface area contributed by atoms with Crippen LogP contribution in [0, 0.1) is 24.6 Å². The van der Waals surface area contributed by atoms with Crippen LogP contribution < -0.4 is 5.32 Å². The van der Waals surface area contributed by atoms with Gasteiger partial charge in [0, 0.05) is 37.5 Å². The van der Waals surface area contributed by atoms with Gasteiger partial charge in [0.05, 0.1) is 17.2 Å². The van der Waals surface area contributed by atoms with Gasteiger partial charge >= 0.3 is 0 Å². The number of aryl methyl sites for hydroxylation is 1. The highest BCUT2D eigenvalue weighted by atomic mass is 32.1. The molecule has 1 saturated carbocycles. The van der Waals surface area contributed by atoms with E-state index in [1.807, 2.05) is 13.8 Å². The molecule has 0 aromatic carbocycles. The van der Waals surface area contributed by atoms with Gasteiger partial charge in [0.1, 0.15) is 22.0 Å². The number of likely N-dealkylation sites (tertiary alicyclic amines) is 1. The number of Topliss-reactive ketones (excluding diaryl/α,β-unsaturated/α-hetero) is 1. The van der Waals surface area contributed by atoms with Gasteiger partial charge < -0.3 is 10.2 Å². The maximum absolute atomic E-state index is 13.7. The molecule has 0 spiro atoms. The van der Waals surface area contributed by atoms with Crippen molar-refractivity contribution in [1.82, 2.24) is 24.8 Å². The minimum absolute atomic E-state index is 0.0801. The van der Waals surface area contributed by atoms with Crippen molar-refractivity contribution in [1.29, 1.82) is 0 Å². The van der Waals surface area contributed by atoms with Crippen LogP contribution in [0.15, 0.2) is 18.5 Å². The number of nitrogens with one attached hydrogen (secondary N) is 1. The number of amides is 1. The molecular weight excluding hydrogens is 474 g/mol. The van der Waals surface area contributed by atoms with Crippen molar-refractivity contribution in [2.45, 2.75) is 51.7 Å². The molecule has 1 unspecified atom stereocenters. The number of hydrogen-bond donors (Lipinski definition) is 1. The maximum atomic E-state index is 13.7. The number of halogens is 2. The van der Waals surface area contributed by atoms with Gasteiger partial charge in [0.2, 0.25) is 5.95 Å². The van der Waals surface area contributed by atoms with E-state index in [4.69, 9.17) is 0 Å². The average Bonchev–Trinajstić information content (AvgIpc) is 3.13. The highest BCUT2D eigenvalue weighted by Crippen LogP contribution is 2.42. The summed E-state index contributed by atoms with van der Waals surface area (Å²) in [6, 6.07) is 1.02. The van der Waals surface area contributed by atoms with Crippen molar-refractivity contribution in [3.63, 3.8) is 0 Å². The number of fused-ring (bicyclic) bond motifs is 1. The van der Waals surface area contributed by atoms with Gasteiger partial charge in [-0.15, -0.1) is 11.3 Å². The summed E-state index contributed by atoms with van der Waals surface area (Å²) in [6.07, 6.45) is 3.65. The first-order valence-electron chi connectivity index (χ1n) is 11.6. The number of pyridine rings is 1. The van der Waals surface area contributed by atoms with E-state index < -0.39 is 11.5 Å². The van der Waals surface area contributed by atoms with Gasteiger partial charge in [-0.2, -0.15) is 4.98 Å². The Bertz CT molecular complexity index is 1300. The van der Waals surface area contributed by atoms with Crippen LogP contribution in [-0.2, 0) is 4.79 Å². The Morgan fingerprint density at radius 2 is 2.00 bits per heavy atom. The molecule has 3 aromatic heterocycles. The van der Waals surface area contributed by atoms with Crippen LogP contribution in [0.2, 0.25) is 0 Å². The van der Waals surface area contributed by atoms with Crippen molar-refractivity contribution < 1.29 is 18.4 Å². The molecule has 5 rings (SSSR count). The summed E-state index contributed by atoms with van der Waals surface area (Å²) in [6.45, 7) is 6.11. The lowest BCUT2D eigenvalue weighted by molar-refractivity contribution is -0.133. The van der Waals surface area contributed by atoms with Crippen LogP contribution in [0.4, 0.5) is 14.7 Å². The van der Waals surface area contributed by atoms with Crippen molar-refractivity contribution in [3.8, 4) is 0 Å². The highest BCUT2D eigenvalue weighted by molar-refractivity contribution is 7.18. The Hall–Kier alpha value is -3.08. The number of nitrogens with zero attached hydrogens (tertiary/aromatic N) is 5. The van der Waals surface area contributed by atoms with Gasteiger partial charge in [0.15, 0.2) is 11.3 Å². The number of alkyl halides is 1. The summed E-state index contributed by atoms with van der Waals surface area (Å²) >= 11 is 1.35. The van der Waals surface area contributed by atoms with Gasteiger partial charge in [-0.1, -0.05) is 0 Å². The van der Waals surface area contributed by atoms with Gasteiger partial charge in [0.25, 0.3) is 5.91 Å². The molecule has 1 aliphatic heterocycles. The molecule has 2 aliphatic rings. The van der Waals surface area contributed by atoms with Crippen LogP contribution in [0.25, 0.3) is 10.3 Å². The summed E-state index contributed by atoms with van der Waals surface area (Å²) in [5.74, 6) is -0.494. The minimum atomic E-state index is -1.22. The lowest BCUT2D eigenvalue weighted by atomic mass is 9.70. The highest BCUT2D eigenvalue weighted by Gasteiger charge is 2.45. The van der Waals surface area contributed by atoms with Crippen LogP contribution in [0.3, 0.4) is 0 Å². The molecular formula is C24H26F2N6O2S. The average molecular weight is 501 g/mol. The summed E-state index contributed by atoms with van der Waals surface area (Å²) in [7, 11) is 0. The third-order valence-corrected chi connectivity index (χ3v) is 7.64. The molecule has 0 bridgehead atoms.